The number of nitrogens with zero attached hydrogens (tertiary/aromatic N) is 3. The maximum atomic E-state index is 11.2. The van der Waals surface area contributed by atoms with E-state index in [1.807, 2.05) is 20.2 Å². The lowest BCUT2D eigenvalue weighted by atomic mass is 10.1. The Balaban J connectivity index is 0.000000396. The number of halogens is 3. The first-order valence-corrected chi connectivity index (χ1v) is 8.60. The molecule has 0 amide bonds. The van der Waals surface area contributed by atoms with Gasteiger partial charge in [0.15, 0.2) is 0 Å². The van der Waals surface area contributed by atoms with Crippen LogP contribution in [0.15, 0.2) is 36.7 Å². The van der Waals surface area contributed by atoms with Gasteiger partial charge in [0.25, 0.3) is 0 Å². The van der Waals surface area contributed by atoms with Gasteiger partial charge < -0.3 is 20.4 Å². The number of carboxylic acid groups (broad SMARTS) is 2. The van der Waals surface area contributed by atoms with E-state index in [1.165, 1.54) is 0 Å². The number of carbonyl (C=O) groups is 2. The maximum absolute atomic E-state index is 11.2. The molecule has 0 saturated heterocycles. The molecule has 160 valence electrons. The number of hydrogen-bond acceptors (Lipinski definition) is 6. The first-order chi connectivity index (χ1) is 14.0. The van der Waals surface area contributed by atoms with E-state index in [-0.39, 0.29) is 5.56 Å². The Morgan fingerprint density at radius 2 is 1.77 bits per heavy atom. The highest BCUT2D eigenvalue weighted by molar-refractivity contribution is 6.10. The number of rotatable bonds is 5. The van der Waals surface area contributed by atoms with E-state index in [0.717, 1.165) is 35.1 Å². The Hall–Kier alpha value is -3.47. The number of pyridine rings is 2. The molecule has 3 aromatic rings. The SMILES string of the molecule is CN(C)CCNc1nc2cc(C(=O)O)ccc2c2cnccc12.O=C(O)C(F)(F)F. The quantitative estimate of drug-likeness (QED) is 0.535. The summed E-state index contributed by atoms with van der Waals surface area (Å²) in [5.41, 5.74) is 0.880. The number of aromatic carboxylic acids is 1. The molecular weight excluding hydrogens is 405 g/mol. The summed E-state index contributed by atoms with van der Waals surface area (Å²) >= 11 is 0. The Bertz CT molecular complexity index is 1070. The average Bonchev–Trinajstić information content (AvgIpc) is 2.67. The Morgan fingerprint density at radius 3 is 2.33 bits per heavy atom. The van der Waals surface area contributed by atoms with Crippen molar-refractivity contribution in [3.8, 4) is 0 Å². The van der Waals surface area contributed by atoms with Crippen molar-refractivity contribution >= 4 is 39.4 Å². The van der Waals surface area contributed by atoms with Crippen molar-refractivity contribution in [2.75, 3.05) is 32.5 Å². The van der Waals surface area contributed by atoms with Gasteiger partial charge in [0.05, 0.1) is 11.1 Å². The van der Waals surface area contributed by atoms with Crippen LogP contribution in [0.3, 0.4) is 0 Å². The average molecular weight is 424 g/mol. The number of fused-ring (bicyclic) bond motifs is 3. The minimum atomic E-state index is -5.08. The summed E-state index contributed by atoms with van der Waals surface area (Å²) in [6.45, 7) is 1.63. The Kier molecular flexibility index (Phi) is 7.11. The van der Waals surface area contributed by atoms with Crippen LogP contribution >= 0.6 is 0 Å². The number of nitrogens with one attached hydrogen (secondary N) is 1. The lowest BCUT2D eigenvalue weighted by Crippen LogP contribution is -2.21. The molecule has 0 aliphatic carbocycles. The lowest BCUT2D eigenvalue weighted by Gasteiger charge is -2.14. The fraction of sp³-hybridized carbons (Fsp3) is 0.263. The van der Waals surface area contributed by atoms with Crippen LogP contribution in [-0.4, -0.2) is 70.4 Å². The van der Waals surface area contributed by atoms with Gasteiger partial charge in [-0.15, -0.1) is 0 Å². The van der Waals surface area contributed by atoms with E-state index < -0.39 is 18.1 Å². The molecule has 8 nitrogen and oxygen atoms in total. The fourth-order valence-corrected chi connectivity index (χ4v) is 2.51. The summed E-state index contributed by atoms with van der Waals surface area (Å²) < 4.78 is 31.7. The van der Waals surface area contributed by atoms with Crippen LogP contribution in [0.25, 0.3) is 21.7 Å². The molecule has 0 aliphatic heterocycles. The molecule has 3 N–H and O–H groups in total. The predicted octanol–water partition coefficient (Wildman–Crippen LogP) is 3.09. The van der Waals surface area contributed by atoms with Crippen molar-refractivity contribution in [1.82, 2.24) is 14.9 Å². The standard InChI is InChI=1S/C17H18N4O2.C2HF3O2/c1-21(2)8-7-19-16-13-5-6-18-10-14(13)12-4-3-11(17(22)23)9-15(12)20-16;3-2(4,5)1(6)7/h3-6,9-10H,7-8H2,1-2H3,(H,19,20)(H,22,23);(H,6,7). The normalized spacial score (nSPS) is 11.3. The lowest BCUT2D eigenvalue weighted by molar-refractivity contribution is -0.192. The summed E-state index contributed by atoms with van der Waals surface area (Å²) in [7, 11) is 4.02. The number of aliphatic carboxylic acids is 1. The third kappa shape index (κ3) is 5.77. The van der Waals surface area contributed by atoms with Crippen LogP contribution in [0.4, 0.5) is 19.0 Å². The summed E-state index contributed by atoms with van der Waals surface area (Å²) in [6.07, 6.45) is -1.56. The van der Waals surface area contributed by atoms with Crippen molar-refractivity contribution in [2.45, 2.75) is 6.18 Å². The number of benzene rings is 1. The van der Waals surface area contributed by atoms with Crippen LogP contribution in [0, 0.1) is 0 Å². The van der Waals surface area contributed by atoms with Crippen molar-refractivity contribution in [2.24, 2.45) is 0 Å². The summed E-state index contributed by atoms with van der Waals surface area (Å²) in [5, 5.41) is 22.5. The second kappa shape index (κ2) is 9.35. The van der Waals surface area contributed by atoms with Crippen molar-refractivity contribution in [3.63, 3.8) is 0 Å². The highest BCUT2D eigenvalue weighted by Gasteiger charge is 2.38. The largest absolute Gasteiger partial charge is 0.490 e. The number of hydrogen-bond donors (Lipinski definition) is 3. The van der Waals surface area contributed by atoms with Gasteiger partial charge in [0, 0.05) is 41.6 Å². The number of likely N-dealkylation sites (N-methyl/N-ethyl adjacent to an activating group) is 1. The molecule has 0 atom stereocenters. The van der Waals surface area contributed by atoms with Gasteiger partial charge in [-0.05, 0) is 32.3 Å². The van der Waals surface area contributed by atoms with Gasteiger partial charge in [-0.1, -0.05) is 6.07 Å². The van der Waals surface area contributed by atoms with Gasteiger partial charge in [-0.25, -0.2) is 14.6 Å². The van der Waals surface area contributed by atoms with Gasteiger partial charge in [-0.2, -0.15) is 13.2 Å². The monoisotopic (exact) mass is 424 g/mol. The molecule has 3 rings (SSSR count). The molecule has 11 heteroatoms. The van der Waals surface area contributed by atoms with E-state index in [9.17, 15) is 18.0 Å². The van der Waals surface area contributed by atoms with Crippen LogP contribution < -0.4 is 5.32 Å². The molecule has 0 bridgehead atoms. The highest BCUT2D eigenvalue weighted by Crippen LogP contribution is 2.29. The van der Waals surface area contributed by atoms with Gasteiger partial charge in [0.1, 0.15) is 5.82 Å². The van der Waals surface area contributed by atoms with E-state index in [2.05, 4.69) is 20.2 Å². The van der Waals surface area contributed by atoms with Crippen LogP contribution in [0.2, 0.25) is 0 Å². The molecule has 2 heterocycles. The zero-order valence-electron chi connectivity index (χ0n) is 16.1. The first kappa shape index (κ1) is 22.8. The number of alkyl halides is 3. The topological polar surface area (TPSA) is 116 Å². The van der Waals surface area contributed by atoms with Gasteiger partial charge >= 0.3 is 18.1 Å². The number of anilines is 1. The van der Waals surface area contributed by atoms with Crippen LogP contribution in [-0.2, 0) is 4.79 Å². The Morgan fingerprint density at radius 1 is 1.10 bits per heavy atom. The van der Waals surface area contributed by atoms with Crippen molar-refractivity contribution in [3.05, 3.63) is 42.2 Å². The van der Waals surface area contributed by atoms with E-state index in [0.29, 0.717) is 5.52 Å². The molecular formula is C19H19F3N4O4. The van der Waals surface area contributed by atoms with Crippen molar-refractivity contribution in [1.29, 1.82) is 0 Å². The molecule has 0 unspecified atom stereocenters. The third-order valence-corrected chi connectivity index (χ3v) is 3.94. The second-order valence-corrected chi connectivity index (χ2v) is 6.45. The van der Waals surface area contributed by atoms with Crippen LogP contribution in [0.5, 0.6) is 0 Å². The fourth-order valence-electron chi connectivity index (χ4n) is 2.51. The number of aromatic nitrogens is 2. The van der Waals surface area contributed by atoms with Crippen molar-refractivity contribution < 1.29 is 33.0 Å². The molecule has 0 saturated carbocycles. The highest BCUT2D eigenvalue weighted by atomic mass is 19.4. The van der Waals surface area contributed by atoms with Gasteiger partial charge in [0.2, 0.25) is 0 Å². The molecule has 0 fully saturated rings. The van der Waals surface area contributed by atoms with E-state index in [1.54, 1.807) is 30.6 Å². The van der Waals surface area contributed by atoms with Crippen LogP contribution in [0.1, 0.15) is 10.4 Å². The van der Waals surface area contributed by atoms with E-state index >= 15 is 0 Å². The minimum absolute atomic E-state index is 0.229. The zero-order chi connectivity index (χ0) is 22.5. The molecule has 0 aliphatic rings. The molecule has 0 spiro atoms. The second-order valence-electron chi connectivity index (χ2n) is 6.45. The molecule has 0 radical (unpaired) electrons. The Labute approximate surface area is 169 Å². The summed E-state index contributed by atoms with van der Waals surface area (Å²) in [5.74, 6) is -2.96. The molecule has 30 heavy (non-hydrogen) atoms. The number of carboxylic acids is 2. The third-order valence-electron chi connectivity index (χ3n) is 3.94. The predicted molar refractivity (Wildman–Crippen MR) is 105 cm³/mol. The maximum Gasteiger partial charge on any atom is 0.490 e. The van der Waals surface area contributed by atoms with Gasteiger partial charge in [-0.3, -0.25) is 4.98 Å². The van der Waals surface area contributed by atoms with E-state index in [4.69, 9.17) is 15.0 Å². The summed E-state index contributed by atoms with van der Waals surface area (Å²) in [4.78, 5) is 31.0. The zero-order valence-corrected chi connectivity index (χ0v) is 16.1. The molecule has 2 aromatic heterocycles. The minimum Gasteiger partial charge on any atom is -0.478 e. The summed E-state index contributed by atoms with van der Waals surface area (Å²) in [6, 6.07) is 6.91. The molecule has 1 aromatic carbocycles. The first-order valence-electron chi connectivity index (χ1n) is 8.60. The smallest absolute Gasteiger partial charge is 0.478 e.